The maximum absolute atomic E-state index is 3.59. The molecule has 1 atom stereocenters. The van der Waals surface area contributed by atoms with E-state index in [-0.39, 0.29) is 0 Å². The van der Waals surface area contributed by atoms with Crippen LogP contribution in [0.3, 0.4) is 0 Å². The van der Waals surface area contributed by atoms with Crippen molar-refractivity contribution >= 4 is 0 Å². The average molecular weight is 197 g/mol. The molecule has 14 heavy (non-hydrogen) atoms. The van der Waals surface area contributed by atoms with E-state index in [1.54, 1.807) is 0 Å². The molecule has 0 radical (unpaired) electrons. The Morgan fingerprint density at radius 3 is 2.29 bits per heavy atom. The standard InChI is InChI=1S/C13H27N/c1-5-14-12(4)13(9-10-13)8-6-7-11(2)3/h11-12,14H,5-10H2,1-4H3. The summed E-state index contributed by atoms with van der Waals surface area (Å²) >= 11 is 0. The SMILES string of the molecule is CCNC(C)C1(CCCC(C)C)CC1. The lowest BCUT2D eigenvalue weighted by molar-refractivity contribution is 0.317. The highest BCUT2D eigenvalue weighted by atomic mass is 14.9. The Hall–Kier alpha value is -0.0400. The zero-order chi connectivity index (χ0) is 10.6. The third-order valence-corrected chi connectivity index (χ3v) is 3.78. The molecule has 0 heterocycles. The molecule has 0 aliphatic heterocycles. The van der Waals surface area contributed by atoms with Crippen molar-refractivity contribution in [3.8, 4) is 0 Å². The largest absolute Gasteiger partial charge is 0.314 e. The van der Waals surface area contributed by atoms with Gasteiger partial charge in [0.05, 0.1) is 0 Å². The Balaban J connectivity index is 2.21. The van der Waals surface area contributed by atoms with Crippen LogP contribution >= 0.6 is 0 Å². The molecule has 0 spiro atoms. The molecule has 0 saturated heterocycles. The summed E-state index contributed by atoms with van der Waals surface area (Å²) in [6.07, 6.45) is 7.19. The van der Waals surface area contributed by atoms with Gasteiger partial charge in [0.15, 0.2) is 0 Å². The molecule has 1 heteroatoms. The summed E-state index contributed by atoms with van der Waals surface area (Å²) in [4.78, 5) is 0. The fraction of sp³-hybridized carbons (Fsp3) is 1.00. The van der Waals surface area contributed by atoms with E-state index in [4.69, 9.17) is 0 Å². The third kappa shape index (κ3) is 3.27. The Bertz CT molecular complexity index is 159. The predicted molar refractivity (Wildman–Crippen MR) is 63.5 cm³/mol. The fourth-order valence-corrected chi connectivity index (χ4v) is 2.45. The maximum Gasteiger partial charge on any atom is 0.00950 e. The van der Waals surface area contributed by atoms with Crippen LogP contribution < -0.4 is 5.32 Å². The van der Waals surface area contributed by atoms with Gasteiger partial charge >= 0.3 is 0 Å². The normalized spacial score (nSPS) is 21.2. The first-order chi connectivity index (χ1) is 6.60. The summed E-state index contributed by atoms with van der Waals surface area (Å²) in [7, 11) is 0. The van der Waals surface area contributed by atoms with Crippen molar-refractivity contribution in [2.75, 3.05) is 6.54 Å². The highest BCUT2D eigenvalue weighted by Gasteiger charge is 2.45. The van der Waals surface area contributed by atoms with Gasteiger partial charge in [-0.05, 0) is 44.1 Å². The van der Waals surface area contributed by atoms with Crippen molar-refractivity contribution in [1.82, 2.24) is 5.32 Å². The first-order valence-corrected chi connectivity index (χ1v) is 6.34. The number of rotatable bonds is 7. The smallest absolute Gasteiger partial charge is 0.00950 e. The van der Waals surface area contributed by atoms with Crippen LogP contribution in [0, 0.1) is 11.3 Å². The molecule has 0 aromatic rings. The van der Waals surface area contributed by atoms with Crippen LogP contribution in [0.1, 0.15) is 59.8 Å². The lowest BCUT2D eigenvalue weighted by Gasteiger charge is -2.24. The van der Waals surface area contributed by atoms with Crippen molar-refractivity contribution in [3.63, 3.8) is 0 Å². The van der Waals surface area contributed by atoms with Crippen LogP contribution in [0.4, 0.5) is 0 Å². The highest BCUT2D eigenvalue weighted by molar-refractivity contribution is 4.99. The molecule has 1 nitrogen and oxygen atoms in total. The van der Waals surface area contributed by atoms with Crippen molar-refractivity contribution in [2.24, 2.45) is 11.3 Å². The van der Waals surface area contributed by atoms with Gasteiger partial charge in [-0.1, -0.05) is 33.6 Å². The van der Waals surface area contributed by atoms with E-state index in [1.165, 1.54) is 32.1 Å². The molecule has 1 rings (SSSR count). The van der Waals surface area contributed by atoms with Gasteiger partial charge in [0.2, 0.25) is 0 Å². The van der Waals surface area contributed by atoms with Gasteiger partial charge in [-0.2, -0.15) is 0 Å². The van der Waals surface area contributed by atoms with E-state index in [9.17, 15) is 0 Å². The predicted octanol–water partition coefficient (Wildman–Crippen LogP) is 3.59. The lowest BCUT2D eigenvalue weighted by atomic mass is 9.90. The Kier molecular flexibility index (Phi) is 4.43. The number of hydrogen-bond donors (Lipinski definition) is 1. The van der Waals surface area contributed by atoms with E-state index in [1.807, 2.05) is 0 Å². The van der Waals surface area contributed by atoms with E-state index in [0.717, 1.165) is 18.5 Å². The van der Waals surface area contributed by atoms with Crippen LogP contribution in [0.2, 0.25) is 0 Å². The number of nitrogens with one attached hydrogen (secondary N) is 1. The van der Waals surface area contributed by atoms with Crippen LogP contribution in [-0.2, 0) is 0 Å². The van der Waals surface area contributed by atoms with Crippen LogP contribution in [0.15, 0.2) is 0 Å². The molecule has 0 aromatic carbocycles. The first kappa shape index (κ1) is 12.0. The molecule has 1 unspecified atom stereocenters. The van der Waals surface area contributed by atoms with Crippen LogP contribution in [0.25, 0.3) is 0 Å². The molecule has 1 saturated carbocycles. The molecular weight excluding hydrogens is 170 g/mol. The minimum absolute atomic E-state index is 0.685. The fourth-order valence-electron chi connectivity index (χ4n) is 2.45. The van der Waals surface area contributed by atoms with Gasteiger partial charge in [-0.3, -0.25) is 0 Å². The topological polar surface area (TPSA) is 12.0 Å². The molecule has 84 valence electrons. The Labute approximate surface area is 89.7 Å². The summed E-state index contributed by atoms with van der Waals surface area (Å²) in [6, 6.07) is 0.736. The summed E-state index contributed by atoms with van der Waals surface area (Å²) in [5, 5.41) is 3.59. The van der Waals surface area contributed by atoms with Gasteiger partial charge in [0.1, 0.15) is 0 Å². The van der Waals surface area contributed by atoms with Gasteiger partial charge < -0.3 is 5.32 Å². The van der Waals surface area contributed by atoms with Crippen LogP contribution in [0.5, 0.6) is 0 Å². The second kappa shape index (κ2) is 5.16. The first-order valence-electron chi connectivity index (χ1n) is 6.34. The monoisotopic (exact) mass is 197 g/mol. The Morgan fingerprint density at radius 1 is 1.21 bits per heavy atom. The lowest BCUT2D eigenvalue weighted by Crippen LogP contribution is -2.34. The molecule has 1 aliphatic carbocycles. The Morgan fingerprint density at radius 2 is 1.86 bits per heavy atom. The van der Waals surface area contributed by atoms with Crippen molar-refractivity contribution in [3.05, 3.63) is 0 Å². The van der Waals surface area contributed by atoms with Gasteiger partial charge in [0, 0.05) is 6.04 Å². The van der Waals surface area contributed by atoms with Crippen LogP contribution in [-0.4, -0.2) is 12.6 Å². The second-order valence-electron chi connectivity index (χ2n) is 5.43. The van der Waals surface area contributed by atoms with Crippen molar-refractivity contribution in [1.29, 1.82) is 0 Å². The molecular formula is C13H27N. The van der Waals surface area contributed by atoms with Gasteiger partial charge in [-0.15, -0.1) is 0 Å². The van der Waals surface area contributed by atoms with E-state index >= 15 is 0 Å². The van der Waals surface area contributed by atoms with Gasteiger partial charge in [0.25, 0.3) is 0 Å². The summed E-state index contributed by atoms with van der Waals surface area (Å²) in [6.45, 7) is 10.3. The zero-order valence-electron chi connectivity index (χ0n) is 10.4. The van der Waals surface area contributed by atoms with E-state index in [0.29, 0.717) is 5.41 Å². The van der Waals surface area contributed by atoms with Crippen molar-refractivity contribution in [2.45, 2.75) is 65.8 Å². The molecule has 0 aromatic heterocycles. The minimum atomic E-state index is 0.685. The van der Waals surface area contributed by atoms with Crippen molar-refractivity contribution < 1.29 is 0 Å². The molecule has 1 N–H and O–H groups in total. The van der Waals surface area contributed by atoms with E-state index < -0.39 is 0 Å². The minimum Gasteiger partial charge on any atom is -0.314 e. The average Bonchev–Trinajstić information content (AvgIpc) is 2.85. The maximum atomic E-state index is 3.59. The van der Waals surface area contributed by atoms with E-state index in [2.05, 4.69) is 33.0 Å². The molecule has 0 amide bonds. The quantitative estimate of drug-likeness (QED) is 0.657. The summed E-state index contributed by atoms with van der Waals surface area (Å²) < 4.78 is 0. The molecule has 0 bridgehead atoms. The summed E-state index contributed by atoms with van der Waals surface area (Å²) in [5.74, 6) is 0.875. The third-order valence-electron chi connectivity index (χ3n) is 3.78. The number of hydrogen-bond acceptors (Lipinski definition) is 1. The summed E-state index contributed by atoms with van der Waals surface area (Å²) in [5.41, 5.74) is 0.685. The highest BCUT2D eigenvalue weighted by Crippen LogP contribution is 2.52. The zero-order valence-corrected chi connectivity index (χ0v) is 10.4. The second-order valence-corrected chi connectivity index (χ2v) is 5.43. The molecule has 1 aliphatic rings. The molecule has 1 fully saturated rings. The van der Waals surface area contributed by atoms with Gasteiger partial charge in [-0.25, -0.2) is 0 Å².